The van der Waals surface area contributed by atoms with Crippen LogP contribution >= 0.6 is 0 Å². The fraction of sp³-hybridized carbons (Fsp3) is 1.00. The predicted octanol–water partition coefficient (Wildman–Crippen LogP) is 1.68. The largest absolute Gasteiger partial charge is 0.395 e. The minimum Gasteiger partial charge on any atom is -0.395 e. The third-order valence-corrected chi connectivity index (χ3v) is 3.80. The maximum absolute atomic E-state index is 8.92. The molecule has 2 heteroatoms. The number of hydrogen-bond acceptors (Lipinski definition) is 2. The highest BCUT2D eigenvalue weighted by Gasteiger charge is 2.44. The maximum atomic E-state index is 8.92. The molecule has 0 aromatic rings. The molecule has 76 valence electrons. The molecule has 2 nitrogen and oxygen atoms in total. The van der Waals surface area contributed by atoms with E-state index in [9.17, 15) is 0 Å². The average Bonchev–Trinajstić information content (AvgIpc) is 2.90. The van der Waals surface area contributed by atoms with Gasteiger partial charge in [-0.05, 0) is 50.9 Å². The first-order chi connectivity index (χ1) is 6.24. The van der Waals surface area contributed by atoms with E-state index in [1.807, 2.05) is 0 Å². The molecular weight excluding hydrogens is 162 g/mol. The second-order valence-corrected chi connectivity index (χ2v) is 5.02. The van der Waals surface area contributed by atoms with Crippen LogP contribution in [-0.2, 0) is 0 Å². The predicted molar refractivity (Wildman–Crippen MR) is 53.6 cm³/mol. The van der Waals surface area contributed by atoms with Crippen molar-refractivity contribution in [2.45, 2.75) is 57.5 Å². The summed E-state index contributed by atoms with van der Waals surface area (Å²) in [4.78, 5) is 0. The first-order valence-electron chi connectivity index (χ1n) is 5.61. The summed E-state index contributed by atoms with van der Waals surface area (Å²) in [6.07, 6.45) is 8.45. The van der Waals surface area contributed by atoms with Crippen LogP contribution in [0.5, 0.6) is 0 Å². The minimum atomic E-state index is 0.266. The van der Waals surface area contributed by atoms with Gasteiger partial charge in [-0.15, -0.1) is 0 Å². The smallest absolute Gasteiger partial charge is 0.0582 e. The molecular formula is C11H21NO. The van der Waals surface area contributed by atoms with Gasteiger partial charge in [-0.25, -0.2) is 0 Å². The number of hydrogen-bond donors (Lipinski definition) is 2. The second kappa shape index (κ2) is 3.58. The lowest BCUT2D eigenvalue weighted by Crippen LogP contribution is -2.41. The third-order valence-electron chi connectivity index (χ3n) is 3.80. The molecule has 0 aromatic carbocycles. The number of aliphatic hydroxyl groups excluding tert-OH is 1. The van der Waals surface area contributed by atoms with Crippen molar-refractivity contribution >= 4 is 0 Å². The SMILES string of the molecule is C[C@H](CO)NC1CCC2(CC1)CC2. The van der Waals surface area contributed by atoms with Gasteiger partial charge in [-0.2, -0.15) is 0 Å². The maximum Gasteiger partial charge on any atom is 0.0582 e. The highest BCUT2D eigenvalue weighted by molar-refractivity contribution is 4.97. The third kappa shape index (κ3) is 2.23. The van der Waals surface area contributed by atoms with Gasteiger partial charge in [0.05, 0.1) is 6.61 Å². The van der Waals surface area contributed by atoms with E-state index in [4.69, 9.17) is 5.11 Å². The molecule has 2 saturated carbocycles. The first kappa shape index (κ1) is 9.47. The molecule has 0 radical (unpaired) electrons. The fourth-order valence-corrected chi connectivity index (χ4v) is 2.53. The lowest BCUT2D eigenvalue weighted by molar-refractivity contribution is 0.210. The first-order valence-corrected chi connectivity index (χ1v) is 5.61. The van der Waals surface area contributed by atoms with E-state index in [0.717, 1.165) is 5.41 Å². The molecule has 0 bridgehead atoms. The lowest BCUT2D eigenvalue weighted by Gasteiger charge is -2.30. The van der Waals surface area contributed by atoms with Gasteiger partial charge in [0, 0.05) is 12.1 Å². The summed E-state index contributed by atoms with van der Waals surface area (Å²) in [6, 6.07) is 0.951. The van der Waals surface area contributed by atoms with Crippen LogP contribution in [0.2, 0.25) is 0 Å². The molecule has 0 amide bonds. The van der Waals surface area contributed by atoms with Gasteiger partial charge in [0.15, 0.2) is 0 Å². The summed E-state index contributed by atoms with van der Waals surface area (Å²) < 4.78 is 0. The van der Waals surface area contributed by atoms with Crippen molar-refractivity contribution in [2.24, 2.45) is 5.41 Å². The zero-order valence-corrected chi connectivity index (χ0v) is 8.55. The van der Waals surface area contributed by atoms with E-state index in [1.54, 1.807) is 0 Å². The average molecular weight is 183 g/mol. The fourth-order valence-electron chi connectivity index (χ4n) is 2.53. The molecule has 2 aliphatic rings. The Bertz CT molecular complexity index is 167. The van der Waals surface area contributed by atoms with Crippen LogP contribution in [0.4, 0.5) is 0 Å². The molecule has 0 aliphatic heterocycles. The van der Waals surface area contributed by atoms with Gasteiger partial charge in [-0.1, -0.05) is 0 Å². The molecule has 0 heterocycles. The molecule has 0 unspecified atom stereocenters. The van der Waals surface area contributed by atoms with Crippen molar-refractivity contribution in [3.8, 4) is 0 Å². The van der Waals surface area contributed by atoms with Gasteiger partial charge in [0.2, 0.25) is 0 Å². The van der Waals surface area contributed by atoms with Crippen LogP contribution < -0.4 is 5.32 Å². The topological polar surface area (TPSA) is 32.3 Å². The van der Waals surface area contributed by atoms with Crippen LogP contribution in [0.25, 0.3) is 0 Å². The lowest BCUT2D eigenvalue weighted by atomic mass is 9.83. The van der Waals surface area contributed by atoms with Gasteiger partial charge in [0.1, 0.15) is 0 Å². The van der Waals surface area contributed by atoms with Crippen LogP contribution in [0.1, 0.15) is 45.4 Å². The van der Waals surface area contributed by atoms with Crippen molar-refractivity contribution in [1.82, 2.24) is 5.32 Å². The highest BCUT2D eigenvalue weighted by Crippen LogP contribution is 2.56. The zero-order valence-electron chi connectivity index (χ0n) is 8.55. The summed E-state index contributed by atoms with van der Waals surface area (Å²) in [5.41, 5.74) is 0.792. The summed E-state index contributed by atoms with van der Waals surface area (Å²) in [5, 5.41) is 12.4. The molecule has 0 saturated heterocycles. The standard InChI is InChI=1S/C11H21NO/c1-9(8-13)12-10-2-4-11(5-3-10)6-7-11/h9-10,12-13H,2-8H2,1H3/t9-/m1/s1. The Morgan fingerprint density at radius 3 is 2.38 bits per heavy atom. The van der Waals surface area contributed by atoms with Gasteiger partial charge in [0.25, 0.3) is 0 Å². The van der Waals surface area contributed by atoms with E-state index in [1.165, 1.54) is 38.5 Å². The normalized spacial score (nSPS) is 29.1. The van der Waals surface area contributed by atoms with Crippen LogP contribution in [-0.4, -0.2) is 23.8 Å². The van der Waals surface area contributed by atoms with E-state index in [-0.39, 0.29) is 12.6 Å². The molecule has 2 N–H and O–H groups in total. The van der Waals surface area contributed by atoms with Crippen LogP contribution in [0.15, 0.2) is 0 Å². The Labute approximate surface area is 80.7 Å². The van der Waals surface area contributed by atoms with Crippen LogP contribution in [0, 0.1) is 5.41 Å². The Kier molecular flexibility index (Phi) is 2.61. The van der Waals surface area contributed by atoms with Crippen molar-refractivity contribution < 1.29 is 5.11 Å². The van der Waals surface area contributed by atoms with E-state index in [0.29, 0.717) is 6.04 Å². The Morgan fingerprint density at radius 2 is 1.92 bits per heavy atom. The zero-order chi connectivity index (χ0) is 9.31. The monoisotopic (exact) mass is 183 g/mol. The molecule has 2 rings (SSSR count). The van der Waals surface area contributed by atoms with Crippen LogP contribution in [0.3, 0.4) is 0 Å². The Morgan fingerprint density at radius 1 is 1.31 bits per heavy atom. The van der Waals surface area contributed by atoms with Crippen molar-refractivity contribution in [2.75, 3.05) is 6.61 Å². The summed E-state index contributed by atoms with van der Waals surface area (Å²) in [6.45, 7) is 2.32. The van der Waals surface area contributed by atoms with Gasteiger partial charge < -0.3 is 10.4 Å². The van der Waals surface area contributed by atoms with E-state index in [2.05, 4.69) is 12.2 Å². The quantitative estimate of drug-likeness (QED) is 0.697. The van der Waals surface area contributed by atoms with E-state index < -0.39 is 0 Å². The molecule has 0 aromatic heterocycles. The number of aliphatic hydroxyl groups is 1. The molecule has 2 aliphatic carbocycles. The van der Waals surface area contributed by atoms with Crippen molar-refractivity contribution in [3.05, 3.63) is 0 Å². The Hall–Kier alpha value is -0.0800. The highest BCUT2D eigenvalue weighted by atomic mass is 16.3. The van der Waals surface area contributed by atoms with Crippen molar-refractivity contribution in [1.29, 1.82) is 0 Å². The van der Waals surface area contributed by atoms with Crippen molar-refractivity contribution in [3.63, 3.8) is 0 Å². The number of nitrogens with one attached hydrogen (secondary N) is 1. The Balaban J connectivity index is 1.71. The summed E-state index contributed by atoms with van der Waals surface area (Å²) in [7, 11) is 0. The summed E-state index contributed by atoms with van der Waals surface area (Å²) in [5.74, 6) is 0. The molecule has 1 spiro atoms. The molecule has 13 heavy (non-hydrogen) atoms. The summed E-state index contributed by atoms with van der Waals surface area (Å²) >= 11 is 0. The number of rotatable bonds is 3. The minimum absolute atomic E-state index is 0.266. The second-order valence-electron chi connectivity index (χ2n) is 5.02. The van der Waals surface area contributed by atoms with Gasteiger partial charge >= 0.3 is 0 Å². The molecule has 1 atom stereocenters. The van der Waals surface area contributed by atoms with Gasteiger partial charge in [-0.3, -0.25) is 0 Å². The molecule has 2 fully saturated rings. The van der Waals surface area contributed by atoms with E-state index >= 15 is 0 Å².